The zero-order valence-electron chi connectivity index (χ0n) is 19.5. The second-order valence-corrected chi connectivity index (χ2v) is 11.9. The molecule has 37 heavy (non-hydrogen) atoms. The number of amides is 1. The van der Waals surface area contributed by atoms with Crippen molar-refractivity contribution in [2.24, 2.45) is 0 Å². The van der Waals surface area contributed by atoms with Crippen LogP contribution in [0.3, 0.4) is 0 Å². The molecule has 1 aliphatic rings. The molecule has 0 fully saturated rings. The standard InChI is InChI=1S/C24H19BrCl2N8OS/c1-13-18(30-24(25)37-13)10-34-11-19(31-32-34)15-9-29-35-8-7-33(12-20(15)35)23(36)22-14(5-6-28-22)21-16(26)3-2-4-17(21)27/h2-6,9,11,28H,7-8,10,12H2,1H3. The van der Waals surface area contributed by atoms with Gasteiger partial charge in [-0.1, -0.05) is 34.5 Å². The van der Waals surface area contributed by atoms with Crippen molar-refractivity contribution in [3.8, 4) is 22.4 Å². The molecule has 13 heteroatoms. The molecule has 4 aromatic heterocycles. The first kappa shape index (κ1) is 24.4. The van der Waals surface area contributed by atoms with Gasteiger partial charge < -0.3 is 9.88 Å². The van der Waals surface area contributed by atoms with E-state index < -0.39 is 0 Å². The van der Waals surface area contributed by atoms with Crippen LogP contribution in [-0.4, -0.2) is 52.1 Å². The first-order chi connectivity index (χ1) is 17.9. The van der Waals surface area contributed by atoms with Gasteiger partial charge in [0.1, 0.15) is 11.4 Å². The van der Waals surface area contributed by atoms with Crippen molar-refractivity contribution in [2.45, 2.75) is 26.6 Å². The van der Waals surface area contributed by atoms with Gasteiger partial charge in [0.05, 0.1) is 43.4 Å². The topological polar surface area (TPSA) is 97.5 Å². The third-order valence-electron chi connectivity index (χ3n) is 6.34. The molecule has 0 saturated heterocycles. The van der Waals surface area contributed by atoms with Crippen LogP contribution in [0.5, 0.6) is 0 Å². The summed E-state index contributed by atoms with van der Waals surface area (Å²) in [5.74, 6) is -0.136. The molecule has 1 aliphatic heterocycles. The van der Waals surface area contributed by atoms with Gasteiger partial charge >= 0.3 is 0 Å². The van der Waals surface area contributed by atoms with E-state index in [1.54, 1.807) is 51.5 Å². The Morgan fingerprint density at radius 1 is 1.19 bits per heavy atom. The number of rotatable bonds is 5. The van der Waals surface area contributed by atoms with Gasteiger partial charge in [-0.2, -0.15) is 5.10 Å². The number of carbonyl (C=O) groups is 1. The van der Waals surface area contributed by atoms with E-state index in [4.69, 9.17) is 23.2 Å². The number of halogens is 3. The summed E-state index contributed by atoms with van der Waals surface area (Å²) in [7, 11) is 0. The average Bonchev–Trinajstić information content (AvgIpc) is 3.66. The SMILES string of the molecule is Cc1sc(Br)nc1Cn1cc(-c2cnn3c2CN(C(=O)c2[nH]ccc2-c2c(Cl)cccc2Cl)CC3)nn1. The minimum atomic E-state index is -0.136. The molecular formula is C24H19BrCl2N8OS. The molecule has 5 heterocycles. The van der Waals surface area contributed by atoms with Gasteiger partial charge in [0, 0.05) is 44.4 Å². The van der Waals surface area contributed by atoms with Gasteiger partial charge in [-0.3, -0.25) is 9.48 Å². The molecule has 0 atom stereocenters. The van der Waals surface area contributed by atoms with E-state index in [0.29, 0.717) is 58.7 Å². The molecule has 6 rings (SSSR count). The monoisotopic (exact) mass is 616 g/mol. The minimum Gasteiger partial charge on any atom is -0.357 e. The third-order valence-corrected chi connectivity index (χ3v) is 8.44. The van der Waals surface area contributed by atoms with Gasteiger partial charge in [0.2, 0.25) is 0 Å². The average molecular weight is 618 g/mol. The van der Waals surface area contributed by atoms with Crippen LogP contribution in [0.25, 0.3) is 22.4 Å². The van der Waals surface area contributed by atoms with Crippen molar-refractivity contribution < 1.29 is 4.79 Å². The Bertz CT molecular complexity index is 1620. The summed E-state index contributed by atoms with van der Waals surface area (Å²) in [6.07, 6.45) is 5.39. The van der Waals surface area contributed by atoms with Crippen LogP contribution < -0.4 is 0 Å². The molecule has 1 aromatic carbocycles. The Morgan fingerprint density at radius 2 is 2.00 bits per heavy atom. The number of H-pyrrole nitrogens is 1. The third kappa shape index (κ3) is 4.50. The van der Waals surface area contributed by atoms with Crippen molar-refractivity contribution in [3.63, 3.8) is 0 Å². The van der Waals surface area contributed by atoms with Crippen molar-refractivity contribution in [1.82, 2.24) is 39.6 Å². The van der Waals surface area contributed by atoms with Crippen LogP contribution in [0.2, 0.25) is 10.0 Å². The lowest BCUT2D eigenvalue weighted by Crippen LogP contribution is -2.39. The molecule has 0 bridgehead atoms. The summed E-state index contributed by atoms with van der Waals surface area (Å²) in [6, 6.07) is 7.12. The number of thiazole rings is 1. The number of hydrogen-bond donors (Lipinski definition) is 1. The van der Waals surface area contributed by atoms with Crippen molar-refractivity contribution in [3.05, 3.63) is 78.8 Å². The fourth-order valence-corrected chi connectivity index (χ4v) is 6.67. The van der Waals surface area contributed by atoms with Gasteiger partial charge in [-0.15, -0.1) is 16.4 Å². The summed E-state index contributed by atoms with van der Waals surface area (Å²) in [4.78, 5) is 24.2. The van der Waals surface area contributed by atoms with Crippen molar-refractivity contribution in [2.75, 3.05) is 6.54 Å². The summed E-state index contributed by atoms with van der Waals surface area (Å²) in [5.41, 5.74) is 5.15. The van der Waals surface area contributed by atoms with Crippen LogP contribution in [0.1, 0.15) is 26.8 Å². The Labute approximate surface area is 234 Å². The lowest BCUT2D eigenvalue weighted by molar-refractivity contribution is 0.0702. The molecule has 188 valence electrons. The highest BCUT2D eigenvalue weighted by Gasteiger charge is 2.29. The van der Waals surface area contributed by atoms with Crippen LogP contribution >= 0.6 is 50.5 Å². The number of fused-ring (bicyclic) bond motifs is 1. The summed E-state index contributed by atoms with van der Waals surface area (Å²) >= 11 is 17.9. The summed E-state index contributed by atoms with van der Waals surface area (Å²) in [5, 5.41) is 14.2. The van der Waals surface area contributed by atoms with Gasteiger partial charge in [-0.25, -0.2) is 9.67 Å². The lowest BCUT2D eigenvalue weighted by atomic mass is 10.0. The summed E-state index contributed by atoms with van der Waals surface area (Å²) < 4.78 is 4.52. The van der Waals surface area contributed by atoms with E-state index in [-0.39, 0.29) is 5.91 Å². The molecule has 0 aliphatic carbocycles. The Balaban J connectivity index is 1.26. The highest BCUT2D eigenvalue weighted by molar-refractivity contribution is 9.11. The Morgan fingerprint density at radius 3 is 2.76 bits per heavy atom. The molecule has 1 N–H and O–H groups in total. The number of aromatic nitrogens is 7. The first-order valence-electron chi connectivity index (χ1n) is 11.4. The molecule has 1 amide bonds. The number of hydrogen-bond acceptors (Lipinski definition) is 6. The number of aryl methyl sites for hydroxylation is 1. The highest BCUT2D eigenvalue weighted by Crippen LogP contribution is 2.37. The van der Waals surface area contributed by atoms with E-state index in [9.17, 15) is 4.79 Å². The molecular weight excluding hydrogens is 599 g/mol. The number of benzene rings is 1. The Kier molecular flexibility index (Phi) is 6.39. The van der Waals surface area contributed by atoms with E-state index in [2.05, 4.69) is 41.3 Å². The lowest BCUT2D eigenvalue weighted by Gasteiger charge is -2.28. The molecule has 0 radical (unpaired) electrons. The predicted molar refractivity (Wildman–Crippen MR) is 146 cm³/mol. The van der Waals surface area contributed by atoms with E-state index in [1.807, 2.05) is 23.9 Å². The first-order valence-corrected chi connectivity index (χ1v) is 13.7. The number of nitrogens with zero attached hydrogens (tertiary/aromatic N) is 7. The fourth-order valence-electron chi connectivity index (χ4n) is 4.49. The van der Waals surface area contributed by atoms with E-state index >= 15 is 0 Å². The van der Waals surface area contributed by atoms with E-state index in [1.165, 1.54) is 0 Å². The van der Waals surface area contributed by atoms with E-state index in [0.717, 1.165) is 25.7 Å². The fraction of sp³-hybridized carbons (Fsp3) is 0.208. The quantitative estimate of drug-likeness (QED) is 0.274. The van der Waals surface area contributed by atoms with Crippen LogP contribution in [0, 0.1) is 6.92 Å². The maximum absolute atomic E-state index is 13.6. The van der Waals surface area contributed by atoms with Crippen molar-refractivity contribution in [1.29, 1.82) is 0 Å². The van der Waals surface area contributed by atoms with Crippen LogP contribution in [0.4, 0.5) is 0 Å². The highest BCUT2D eigenvalue weighted by atomic mass is 79.9. The van der Waals surface area contributed by atoms with Crippen molar-refractivity contribution >= 4 is 56.4 Å². The van der Waals surface area contributed by atoms with Gasteiger partial charge in [0.15, 0.2) is 3.92 Å². The number of aromatic amines is 1. The predicted octanol–water partition coefficient (Wildman–Crippen LogP) is 5.68. The van der Waals surface area contributed by atoms with Crippen LogP contribution in [-0.2, 0) is 19.6 Å². The van der Waals surface area contributed by atoms with Gasteiger partial charge in [-0.05, 0) is 41.1 Å². The Hall–Kier alpha value is -2.99. The molecule has 0 unspecified atom stereocenters. The number of carbonyl (C=O) groups excluding carboxylic acids is 1. The van der Waals surface area contributed by atoms with Gasteiger partial charge in [0.25, 0.3) is 5.91 Å². The van der Waals surface area contributed by atoms with Crippen LogP contribution in [0.15, 0.2) is 46.8 Å². The normalized spacial score (nSPS) is 13.2. The molecule has 5 aromatic rings. The smallest absolute Gasteiger partial charge is 0.271 e. The second-order valence-electron chi connectivity index (χ2n) is 8.59. The second kappa shape index (κ2) is 9.71. The zero-order chi connectivity index (χ0) is 25.7. The maximum Gasteiger partial charge on any atom is 0.271 e. The number of nitrogens with one attached hydrogen (secondary N) is 1. The molecule has 9 nitrogen and oxygen atoms in total. The minimum absolute atomic E-state index is 0.136. The zero-order valence-corrected chi connectivity index (χ0v) is 23.4. The maximum atomic E-state index is 13.6. The molecule has 0 spiro atoms. The largest absolute Gasteiger partial charge is 0.357 e. The summed E-state index contributed by atoms with van der Waals surface area (Å²) in [6.45, 7) is 4.03. The molecule has 0 saturated carbocycles.